The van der Waals surface area contributed by atoms with Gasteiger partial charge in [-0.2, -0.15) is 18.4 Å². The lowest BCUT2D eigenvalue weighted by Crippen LogP contribution is -2.29. The van der Waals surface area contributed by atoms with Crippen LogP contribution in [0.25, 0.3) is 0 Å². The van der Waals surface area contributed by atoms with Gasteiger partial charge in [-0.25, -0.2) is 0 Å². The summed E-state index contributed by atoms with van der Waals surface area (Å²) in [6.07, 6.45) is -0.448. The summed E-state index contributed by atoms with van der Waals surface area (Å²) in [6, 6.07) is 1.29. The highest BCUT2D eigenvalue weighted by atomic mass is 32.3. The van der Waals surface area contributed by atoms with Crippen LogP contribution in [-0.2, 0) is 15.0 Å². The minimum absolute atomic E-state index is 0.0388. The van der Waals surface area contributed by atoms with Gasteiger partial charge in [-0.05, 0) is 0 Å². The van der Waals surface area contributed by atoms with Gasteiger partial charge < -0.3 is 11.5 Å². The second kappa shape index (κ2) is 4.05. The molecule has 0 aromatic carbocycles. The summed E-state index contributed by atoms with van der Waals surface area (Å²) in [5.74, 6) is -0.636. The number of halogens is 1. The Morgan fingerprint density at radius 3 is 2.33 bits per heavy atom. The normalized spacial score (nSPS) is 20.4. The van der Waals surface area contributed by atoms with Gasteiger partial charge in [-0.15, -0.1) is 3.89 Å². The number of nitrogens with zero attached hydrogens (tertiary/aromatic N) is 3. The van der Waals surface area contributed by atoms with Gasteiger partial charge in [0.1, 0.15) is 16.9 Å². The standard InChI is InChI=1S/C8H10FN5O3S/c9-18(16,17)4-1-7(15)14(3-4)8-12-5(10)2-6(11)13-8/h2,4H,1,3H2,(H4,10,11,12,13). The summed E-state index contributed by atoms with van der Waals surface area (Å²) in [5, 5.41) is -1.41. The van der Waals surface area contributed by atoms with Crippen LogP contribution >= 0.6 is 0 Å². The molecule has 8 nitrogen and oxygen atoms in total. The van der Waals surface area contributed by atoms with Gasteiger partial charge >= 0.3 is 10.2 Å². The van der Waals surface area contributed by atoms with E-state index in [0.29, 0.717) is 0 Å². The van der Waals surface area contributed by atoms with Crippen molar-refractivity contribution in [3.8, 4) is 0 Å². The number of carbonyl (C=O) groups is 1. The second-order valence-electron chi connectivity index (χ2n) is 3.82. The van der Waals surface area contributed by atoms with Crippen molar-refractivity contribution in [1.82, 2.24) is 9.97 Å². The Hall–Kier alpha value is -1.97. The molecule has 1 aromatic rings. The third kappa shape index (κ3) is 2.32. The summed E-state index contributed by atoms with van der Waals surface area (Å²) in [6.45, 7) is -0.347. The minimum Gasteiger partial charge on any atom is -0.383 e. The van der Waals surface area contributed by atoms with E-state index in [1.807, 2.05) is 0 Å². The zero-order chi connectivity index (χ0) is 13.5. The van der Waals surface area contributed by atoms with Crippen molar-refractivity contribution in [2.45, 2.75) is 11.7 Å². The molecule has 1 fully saturated rings. The van der Waals surface area contributed by atoms with Crippen molar-refractivity contribution in [3.05, 3.63) is 6.07 Å². The molecular formula is C8H10FN5O3S. The van der Waals surface area contributed by atoms with Gasteiger partial charge in [-0.3, -0.25) is 9.69 Å². The van der Waals surface area contributed by atoms with Crippen LogP contribution in [0.2, 0.25) is 0 Å². The number of aromatic nitrogens is 2. The molecule has 2 heterocycles. The van der Waals surface area contributed by atoms with Gasteiger partial charge in [0.2, 0.25) is 11.9 Å². The maximum atomic E-state index is 12.8. The molecule has 2 rings (SSSR count). The second-order valence-corrected chi connectivity index (χ2v) is 5.44. The Labute approximate surface area is 102 Å². The van der Waals surface area contributed by atoms with Gasteiger partial charge in [0.05, 0.1) is 0 Å². The number of hydrogen-bond donors (Lipinski definition) is 2. The number of rotatable bonds is 2. The van der Waals surface area contributed by atoms with Gasteiger partial charge in [0, 0.05) is 19.0 Å². The molecule has 10 heteroatoms. The Bertz CT molecular complexity index is 585. The third-order valence-electron chi connectivity index (χ3n) is 2.48. The number of carbonyl (C=O) groups excluding carboxylic acids is 1. The highest BCUT2D eigenvalue weighted by molar-refractivity contribution is 7.87. The first-order chi connectivity index (χ1) is 8.27. The zero-order valence-electron chi connectivity index (χ0n) is 9.08. The van der Waals surface area contributed by atoms with Crippen molar-refractivity contribution in [1.29, 1.82) is 0 Å². The topological polar surface area (TPSA) is 132 Å². The van der Waals surface area contributed by atoms with Crippen LogP contribution in [0, 0.1) is 0 Å². The summed E-state index contributed by atoms with van der Waals surface area (Å²) in [7, 11) is -4.78. The van der Waals surface area contributed by atoms with E-state index < -0.39 is 27.8 Å². The molecule has 1 atom stereocenters. The Balaban J connectivity index is 2.32. The number of amides is 1. The van der Waals surface area contributed by atoms with Crippen LogP contribution in [-0.4, -0.2) is 36.1 Å². The van der Waals surface area contributed by atoms with E-state index >= 15 is 0 Å². The fraction of sp³-hybridized carbons (Fsp3) is 0.375. The van der Waals surface area contributed by atoms with Crippen molar-refractivity contribution in [3.63, 3.8) is 0 Å². The number of nitrogen functional groups attached to an aromatic ring is 2. The summed E-state index contributed by atoms with van der Waals surface area (Å²) < 4.78 is 34.3. The molecule has 0 bridgehead atoms. The van der Waals surface area contributed by atoms with Crippen LogP contribution in [0.4, 0.5) is 21.5 Å². The molecule has 1 aromatic heterocycles. The maximum absolute atomic E-state index is 12.8. The largest absolute Gasteiger partial charge is 0.383 e. The van der Waals surface area contributed by atoms with E-state index in [9.17, 15) is 17.1 Å². The predicted molar refractivity (Wildman–Crippen MR) is 61.6 cm³/mol. The predicted octanol–water partition coefficient (Wildman–Crippen LogP) is -0.954. The highest BCUT2D eigenvalue weighted by Crippen LogP contribution is 2.24. The Morgan fingerprint density at radius 2 is 1.89 bits per heavy atom. The Kier molecular flexibility index (Phi) is 2.81. The molecule has 4 N–H and O–H groups in total. The van der Waals surface area contributed by atoms with E-state index in [2.05, 4.69) is 9.97 Å². The summed E-state index contributed by atoms with van der Waals surface area (Å²) >= 11 is 0. The van der Waals surface area contributed by atoms with Crippen molar-refractivity contribution >= 4 is 33.7 Å². The number of hydrogen-bond acceptors (Lipinski definition) is 7. The summed E-state index contributed by atoms with van der Waals surface area (Å²) in [4.78, 5) is 20.1. The SMILES string of the molecule is Nc1cc(N)nc(N2CC(S(=O)(=O)F)CC2=O)n1. The van der Waals surface area contributed by atoms with Crippen molar-refractivity contribution < 1.29 is 17.1 Å². The molecule has 1 aliphatic rings. The van der Waals surface area contributed by atoms with Gasteiger partial charge in [-0.1, -0.05) is 0 Å². The number of anilines is 3. The fourth-order valence-corrected chi connectivity index (χ4v) is 2.32. The molecule has 1 unspecified atom stereocenters. The zero-order valence-corrected chi connectivity index (χ0v) is 9.89. The van der Waals surface area contributed by atoms with E-state index in [1.165, 1.54) is 6.07 Å². The van der Waals surface area contributed by atoms with E-state index in [-0.39, 0.29) is 24.1 Å². The molecule has 1 aliphatic heterocycles. The fourth-order valence-electron chi connectivity index (χ4n) is 1.65. The molecule has 0 radical (unpaired) electrons. The molecule has 1 saturated heterocycles. The first-order valence-electron chi connectivity index (χ1n) is 4.91. The quantitative estimate of drug-likeness (QED) is 0.664. The van der Waals surface area contributed by atoms with Crippen LogP contribution in [0.5, 0.6) is 0 Å². The molecule has 0 spiro atoms. The lowest BCUT2D eigenvalue weighted by molar-refractivity contribution is -0.117. The monoisotopic (exact) mass is 275 g/mol. The molecule has 1 amide bonds. The van der Waals surface area contributed by atoms with Crippen LogP contribution in [0.15, 0.2) is 6.07 Å². The lowest BCUT2D eigenvalue weighted by Gasteiger charge is -2.14. The van der Waals surface area contributed by atoms with Crippen molar-refractivity contribution in [2.24, 2.45) is 0 Å². The average Bonchev–Trinajstić information content (AvgIpc) is 2.58. The smallest absolute Gasteiger partial charge is 0.307 e. The molecule has 18 heavy (non-hydrogen) atoms. The van der Waals surface area contributed by atoms with Gasteiger partial charge in [0.25, 0.3) is 0 Å². The first kappa shape index (κ1) is 12.5. The minimum atomic E-state index is -4.78. The van der Waals surface area contributed by atoms with Crippen LogP contribution < -0.4 is 16.4 Å². The van der Waals surface area contributed by atoms with Gasteiger partial charge in [0.15, 0.2) is 0 Å². The highest BCUT2D eigenvalue weighted by Gasteiger charge is 2.40. The third-order valence-corrected chi connectivity index (χ3v) is 3.60. The average molecular weight is 275 g/mol. The van der Waals surface area contributed by atoms with Crippen LogP contribution in [0.3, 0.4) is 0 Å². The van der Waals surface area contributed by atoms with E-state index in [4.69, 9.17) is 11.5 Å². The lowest BCUT2D eigenvalue weighted by atomic mass is 10.4. The van der Waals surface area contributed by atoms with Crippen LogP contribution in [0.1, 0.15) is 6.42 Å². The molecule has 0 saturated carbocycles. The van der Waals surface area contributed by atoms with Crippen molar-refractivity contribution in [2.75, 3.05) is 22.9 Å². The molecular weight excluding hydrogens is 265 g/mol. The maximum Gasteiger partial charge on any atom is 0.307 e. The molecule has 98 valence electrons. The molecule has 0 aliphatic carbocycles. The van der Waals surface area contributed by atoms with E-state index in [0.717, 1.165) is 4.90 Å². The first-order valence-corrected chi connectivity index (χ1v) is 6.36. The summed E-state index contributed by atoms with van der Waals surface area (Å²) in [5.41, 5.74) is 10.9. The van der Waals surface area contributed by atoms with E-state index in [1.54, 1.807) is 0 Å². The Morgan fingerprint density at radius 1 is 1.33 bits per heavy atom. The number of nitrogens with two attached hydrogens (primary N) is 2.